The molecule has 0 bridgehead atoms. The van der Waals surface area contributed by atoms with Crippen molar-refractivity contribution in [1.82, 2.24) is 4.90 Å². The van der Waals surface area contributed by atoms with Crippen molar-refractivity contribution in [3.63, 3.8) is 0 Å². The van der Waals surface area contributed by atoms with E-state index in [1.165, 1.54) is 30.5 Å². The van der Waals surface area contributed by atoms with Crippen LogP contribution in [0.15, 0.2) is 54.6 Å². The number of rotatable bonds is 12. The van der Waals surface area contributed by atoms with E-state index in [0.29, 0.717) is 30.5 Å². The van der Waals surface area contributed by atoms with Crippen molar-refractivity contribution >= 4 is 5.69 Å². The SMILES string of the molecule is CC(C)CCN(c1ccc(OCc2ccccc2)cc1)C1CCN(C[C@@H](N)CC(C)C)CC1. The highest BCUT2D eigenvalue weighted by Crippen LogP contribution is 2.27. The molecule has 3 rings (SSSR count). The maximum Gasteiger partial charge on any atom is 0.119 e. The average Bonchev–Trinajstić information content (AvgIpc) is 2.79. The Morgan fingerprint density at radius 2 is 1.61 bits per heavy atom. The van der Waals surface area contributed by atoms with E-state index >= 15 is 0 Å². The lowest BCUT2D eigenvalue weighted by Gasteiger charge is -2.41. The average molecular weight is 452 g/mol. The number of ether oxygens (including phenoxy) is 1. The number of likely N-dealkylation sites (tertiary alicyclic amines) is 1. The van der Waals surface area contributed by atoms with E-state index < -0.39 is 0 Å². The Morgan fingerprint density at radius 1 is 0.939 bits per heavy atom. The van der Waals surface area contributed by atoms with Crippen molar-refractivity contribution in [1.29, 1.82) is 0 Å². The molecule has 2 aromatic carbocycles. The largest absolute Gasteiger partial charge is 0.489 e. The topological polar surface area (TPSA) is 41.7 Å². The summed E-state index contributed by atoms with van der Waals surface area (Å²) in [5.74, 6) is 2.30. The molecule has 2 N–H and O–H groups in total. The van der Waals surface area contributed by atoms with E-state index in [9.17, 15) is 0 Å². The van der Waals surface area contributed by atoms with Gasteiger partial charge in [0.25, 0.3) is 0 Å². The normalized spacial score (nSPS) is 16.3. The molecule has 0 aromatic heterocycles. The Kier molecular flexibility index (Phi) is 10.1. The van der Waals surface area contributed by atoms with E-state index in [2.05, 4.69) is 86.0 Å². The predicted octanol–water partition coefficient (Wildman–Crippen LogP) is 5.96. The van der Waals surface area contributed by atoms with E-state index in [4.69, 9.17) is 10.5 Å². The number of hydrogen-bond acceptors (Lipinski definition) is 4. The molecule has 1 aliphatic rings. The molecule has 4 heteroatoms. The molecule has 1 atom stereocenters. The van der Waals surface area contributed by atoms with Crippen LogP contribution in [0.2, 0.25) is 0 Å². The number of benzene rings is 2. The van der Waals surface area contributed by atoms with E-state index in [1.807, 2.05) is 6.07 Å². The van der Waals surface area contributed by atoms with Gasteiger partial charge in [0, 0.05) is 44.0 Å². The maximum absolute atomic E-state index is 6.38. The summed E-state index contributed by atoms with van der Waals surface area (Å²) in [6, 6.07) is 20.0. The Balaban J connectivity index is 1.58. The van der Waals surface area contributed by atoms with Crippen molar-refractivity contribution in [2.75, 3.05) is 31.1 Å². The first-order valence-electron chi connectivity index (χ1n) is 12.9. The second-order valence-electron chi connectivity index (χ2n) is 10.6. The van der Waals surface area contributed by atoms with Gasteiger partial charge in [0.1, 0.15) is 12.4 Å². The Morgan fingerprint density at radius 3 is 2.21 bits per heavy atom. The van der Waals surface area contributed by atoms with Crippen molar-refractivity contribution < 1.29 is 4.74 Å². The van der Waals surface area contributed by atoms with Crippen molar-refractivity contribution in [2.24, 2.45) is 17.6 Å². The second kappa shape index (κ2) is 13.0. The first-order valence-corrected chi connectivity index (χ1v) is 12.9. The number of nitrogens with two attached hydrogens (primary N) is 1. The van der Waals surface area contributed by atoms with Crippen LogP contribution < -0.4 is 15.4 Å². The third kappa shape index (κ3) is 8.68. The van der Waals surface area contributed by atoms with E-state index in [-0.39, 0.29) is 0 Å². The smallest absolute Gasteiger partial charge is 0.119 e. The molecule has 0 spiro atoms. The molecule has 182 valence electrons. The monoisotopic (exact) mass is 451 g/mol. The van der Waals surface area contributed by atoms with Gasteiger partial charge in [-0.25, -0.2) is 0 Å². The number of nitrogens with zero attached hydrogens (tertiary/aromatic N) is 2. The van der Waals surface area contributed by atoms with Crippen LogP contribution in [-0.2, 0) is 6.61 Å². The molecule has 0 aliphatic carbocycles. The van der Waals surface area contributed by atoms with E-state index in [0.717, 1.165) is 38.3 Å². The van der Waals surface area contributed by atoms with Crippen molar-refractivity contribution in [3.8, 4) is 5.75 Å². The minimum Gasteiger partial charge on any atom is -0.489 e. The van der Waals surface area contributed by atoms with Gasteiger partial charge in [-0.2, -0.15) is 0 Å². The van der Waals surface area contributed by atoms with Crippen LogP contribution in [0.1, 0.15) is 58.9 Å². The molecule has 1 saturated heterocycles. The lowest BCUT2D eigenvalue weighted by Crippen LogP contribution is -2.48. The molecule has 4 nitrogen and oxygen atoms in total. The summed E-state index contributed by atoms with van der Waals surface area (Å²) in [5.41, 5.74) is 8.90. The van der Waals surface area contributed by atoms with Crippen LogP contribution >= 0.6 is 0 Å². The molecular weight excluding hydrogens is 406 g/mol. The van der Waals surface area contributed by atoms with Crippen LogP contribution in [0, 0.1) is 11.8 Å². The summed E-state index contributed by atoms with van der Waals surface area (Å²) >= 11 is 0. The van der Waals surface area contributed by atoms with Crippen LogP contribution in [0.3, 0.4) is 0 Å². The summed E-state index contributed by atoms with van der Waals surface area (Å²) in [7, 11) is 0. The zero-order valence-electron chi connectivity index (χ0n) is 21.2. The fourth-order valence-corrected chi connectivity index (χ4v) is 4.82. The highest BCUT2D eigenvalue weighted by atomic mass is 16.5. The third-order valence-electron chi connectivity index (χ3n) is 6.63. The molecule has 1 fully saturated rings. The fraction of sp³-hybridized carbons (Fsp3) is 0.586. The maximum atomic E-state index is 6.38. The molecular formula is C29H45N3O. The van der Waals surface area contributed by atoms with Gasteiger partial charge in [-0.1, -0.05) is 58.0 Å². The molecule has 0 amide bonds. The van der Waals surface area contributed by atoms with Gasteiger partial charge in [-0.05, 0) is 67.3 Å². The van der Waals surface area contributed by atoms with Gasteiger partial charge in [0.05, 0.1) is 0 Å². The fourth-order valence-electron chi connectivity index (χ4n) is 4.82. The van der Waals surface area contributed by atoms with Gasteiger partial charge in [0.2, 0.25) is 0 Å². The molecule has 1 aliphatic heterocycles. The predicted molar refractivity (Wildman–Crippen MR) is 141 cm³/mol. The molecule has 0 radical (unpaired) electrons. The van der Waals surface area contributed by atoms with Gasteiger partial charge < -0.3 is 20.3 Å². The summed E-state index contributed by atoms with van der Waals surface area (Å²) in [6.45, 7) is 14.2. The summed E-state index contributed by atoms with van der Waals surface area (Å²) in [5, 5.41) is 0. The van der Waals surface area contributed by atoms with Crippen LogP contribution in [-0.4, -0.2) is 43.2 Å². The Labute approximate surface area is 202 Å². The Hall–Kier alpha value is -2.04. The first kappa shape index (κ1) is 25.6. The molecule has 2 aromatic rings. The molecule has 33 heavy (non-hydrogen) atoms. The number of anilines is 1. The minimum absolute atomic E-state index is 0.294. The zero-order valence-corrected chi connectivity index (χ0v) is 21.2. The summed E-state index contributed by atoms with van der Waals surface area (Å²) in [4.78, 5) is 5.22. The minimum atomic E-state index is 0.294. The Bertz CT molecular complexity index is 782. The third-order valence-corrected chi connectivity index (χ3v) is 6.63. The second-order valence-corrected chi connectivity index (χ2v) is 10.6. The number of hydrogen-bond donors (Lipinski definition) is 1. The van der Waals surface area contributed by atoms with Gasteiger partial charge in [0.15, 0.2) is 0 Å². The van der Waals surface area contributed by atoms with Crippen molar-refractivity contribution in [3.05, 3.63) is 60.2 Å². The van der Waals surface area contributed by atoms with Gasteiger partial charge in [-0.15, -0.1) is 0 Å². The molecule has 0 saturated carbocycles. The molecule has 0 unspecified atom stereocenters. The lowest BCUT2D eigenvalue weighted by atomic mass is 9.99. The lowest BCUT2D eigenvalue weighted by molar-refractivity contribution is 0.191. The quantitative estimate of drug-likeness (QED) is 0.432. The number of piperidine rings is 1. The highest BCUT2D eigenvalue weighted by molar-refractivity contribution is 5.50. The van der Waals surface area contributed by atoms with E-state index in [1.54, 1.807) is 0 Å². The van der Waals surface area contributed by atoms with Crippen LogP contribution in [0.4, 0.5) is 5.69 Å². The summed E-state index contributed by atoms with van der Waals surface area (Å²) in [6.07, 6.45) is 4.74. The molecule has 1 heterocycles. The standard InChI is InChI=1S/C29H45N3O/c1-23(2)14-19-32(28-15-17-31(18-16-28)21-26(30)20-24(3)4)27-10-12-29(13-11-27)33-22-25-8-6-5-7-9-25/h5-13,23-24,26,28H,14-22,30H2,1-4H3/t26-/m0/s1. The highest BCUT2D eigenvalue weighted by Gasteiger charge is 2.26. The van der Waals surface area contributed by atoms with Crippen LogP contribution in [0.5, 0.6) is 5.75 Å². The zero-order chi connectivity index (χ0) is 23.6. The summed E-state index contributed by atoms with van der Waals surface area (Å²) < 4.78 is 6.01. The van der Waals surface area contributed by atoms with Gasteiger partial charge in [-0.3, -0.25) is 0 Å². The first-order chi connectivity index (χ1) is 15.9. The van der Waals surface area contributed by atoms with Gasteiger partial charge >= 0.3 is 0 Å². The van der Waals surface area contributed by atoms with Crippen LogP contribution in [0.25, 0.3) is 0 Å². The van der Waals surface area contributed by atoms with Crippen molar-refractivity contribution in [2.45, 2.75) is 72.1 Å².